The van der Waals surface area contributed by atoms with Crippen LogP contribution in [0.4, 0.5) is 0 Å². The zero-order valence-electron chi connectivity index (χ0n) is 9.20. The van der Waals surface area contributed by atoms with Gasteiger partial charge < -0.3 is 10.5 Å². The number of ether oxygens (including phenoxy) is 1. The second-order valence-corrected chi connectivity index (χ2v) is 3.92. The maximum absolute atomic E-state index is 11.6. The number of nitrogens with two attached hydrogens (primary N) is 1. The standard InChI is InChI=1S/C10H20N2O3/c1-14-6-7-15-12-10(13)8-2-4-9(11)5-3-8/h8-9H,2-7,11H2,1H3,(H,12,13). The largest absolute Gasteiger partial charge is 0.382 e. The minimum absolute atomic E-state index is 0.0296. The topological polar surface area (TPSA) is 73.6 Å². The first-order chi connectivity index (χ1) is 7.24. The van der Waals surface area contributed by atoms with Gasteiger partial charge in [-0.2, -0.15) is 0 Å². The third-order valence-corrected chi connectivity index (χ3v) is 2.70. The summed E-state index contributed by atoms with van der Waals surface area (Å²) in [5.41, 5.74) is 8.20. The lowest BCUT2D eigenvalue weighted by Crippen LogP contribution is -2.36. The smallest absolute Gasteiger partial charge is 0.246 e. The molecule has 1 amide bonds. The summed E-state index contributed by atoms with van der Waals surface area (Å²) in [4.78, 5) is 16.5. The molecule has 88 valence electrons. The van der Waals surface area contributed by atoms with Crippen molar-refractivity contribution >= 4 is 5.91 Å². The highest BCUT2D eigenvalue weighted by Gasteiger charge is 2.24. The second-order valence-electron chi connectivity index (χ2n) is 3.92. The highest BCUT2D eigenvalue weighted by molar-refractivity contribution is 5.77. The van der Waals surface area contributed by atoms with E-state index in [0.29, 0.717) is 13.2 Å². The second kappa shape index (κ2) is 6.76. The van der Waals surface area contributed by atoms with Crippen molar-refractivity contribution in [3.05, 3.63) is 0 Å². The van der Waals surface area contributed by atoms with E-state index >= 15 is 0 Å². The van der Waals surface area contributed by atoms with Crippen LogP contribution in [0.1, 0.15) is 25.7 Å². The molecule has 0 heterocycles. The molecule has 5 nitrogen and oxygen atoms in total. The van der Waals surface area contributed by atoms with Gasteiger partial charge in [-0.25, -0.2) is 5.48 Å². The zero-order chi connectivity index (χ0) is 11.1. The third kappa shape index (κ3) is 4.59. The van der Waals surface area contributed by atoms with Crippen molar-refractivity contribution in [1.29, 1.82) is 0 Å². The molecular weight excluding hydrogens is 196 g/mol. The van der Waals surface area contributed by atoms with E-state index in [2.05, 4.69) is 5.48 Å². The predicted molar refractivity (Wildman–Crippen MR) is 55.9 cm³/mol. The van der Waals surface area contributed by atoms with Gasteiger partial charge in [0, 0.05) is 19.1 Å². The highest BCUT2D eigenvalue weighted by atomic mass is 16.7. The van der Waals surface area contributed by atoms with E-state index in [1.807, 2.05) is 0 Å². The van der Waals surface area contributed by atoms with Crippen molar-refractivity contribution in [2.45, 2.75) is 31.7 Å². The quantitative estimate of drug-likeness (QED) is 0.508. The predicted octanol–water partition coefficient (Wildman–Crippen LogP) is 0.198. The fraction of sp³-hybridized carbons (Fsp3) is 0.900. The number of carbonyl (C=O) groups is 1. The molecule has 0 spiro atoms. The summed E-state index contributed by atoms with van der Waals surface area (Å²) in [6.45, 7) is 0.865. The lowest BCUT2D eigenvalue weighted by Gasteiger charge is -2.24. The normalized spacial score (nSPS) is 26.3. The minimum atomic E-state index is -0.0296. The van der Waals surface area contributed by atoms with Gasteiger partial charge in [0.2, 0.25) is 5.91 Å². The van der Waals surface area contributed by atoms with Crippen LogP contribution in [0.25, 0.3) is 0 Å². The SMILES string of the molecule is COCCONC(=O)C1CCC(N)CC1. The molecule has 0 radical (unpaired) electrons. The molecule has 0 bridgehead atoms. The Morgan fingerprint density at radius 1 is 1.33 bits per heavy atom. The first-order valence-corrected chi connectivity index (χ1v) is 5.40. The maximum atomic E-state index is 11.6. The van der Waals surface area contributed by atoms with Crippen LogP contribution in [0.5, 0.6) is 0 Å². The highest BCUT2D eigenvalue weighted by Crippen LogP contribution is 2.22. The van der Waals surface area contributed by atoms with Crippen molar-refractivity contribution in [2.75, 3.05) is 20.3 Å². The van der Waals surface area contributed by atoms with Crippen LogP contribution >= 0.6 is 0 Å². The Morgan fingerprint density at radius 2 is 2.00 bits per heavy atom. The zero-order valence-corrected chi connectivity index (χ0v) is 9.20. The number of amides is 1. The Morgan fingerprint density at radius 3 is 2.60 bits per heavy atom. The third-order valence-electron chi connectivity index (χ3n) is 2.70. The van der Waals surface area contributed by atoms with Gasteiger partial charge in [-0.15, -0.1) is 0 Å². The average molecular weight is 216 g/mol. The molecule has 1 saturated carbocycles. The molecule has 0 aromatic heterocycles. The van der Waals surface area contributed by atoms with Crippen molar-refractivity contribution in [3.8, 4) is 0 Å². The lowest BCUT2D eigenvalue weighted by atomic mass is 9.86. The number of hydrogen-bond donors (Lipinski definition) is 2. The minimum Gasteiger partial charge on any atom is -0.382 e. The molecule has 1 fully saturated rings. The number of methoxy groups -OCH3 is 1. The van der Waals surface area contributed by atoms with Crippen LogP contribution in [0.15, 0.2) is 0 Å². The van der Waals surface area contributed by atoms with Gasteiger partial charge in [0.05, 0.1) is 13.2 Å². The van der Waals surface area contributed by atoms with E-state index in [-0.39, 0.29) is 17.9 Å². The van der Waals surface area contributed by atoms with Crippen molar-refractivity contribution in [1.82, 2.24) is 5.48 Å². The summed E-state index contributed by atoms with van der Waals surface area (Å²) < 4.78 is 4.79. The summed E-state index contributed by atoms with van der Waals surface area (Å²) in [5.74, 6) is 0.0327. The van der Waals surface area contributed by atoms with Gasteiger partial charge in [0.25, 0.3) is 0 Å². The molecule has 15 heavy (non-hydrogen) atoms. The van der Waals surface area contributed by atoms with Gasteiger partial charge in [-0.05, 0) is 25.7 Å². The number of carbonyl (C=O) groups excluding carboxylic acids is 1. The first-order valence-electron chi connectivity index (χ1n) is 5.40. The van der Waals surface area contributed by atoms with Gasteiger partial charge >= 0.3 is 0 Å². The maximum Gasteiger partial charge on any atom is 0.246 e. The Hall–Kier alpha value is -0.650. The fourth-order valence-electron chi connectivity index (χ4n) is 1.71. The van der Waals surface area contributed by atoms with E-state index in [1.165, 1.54) is 0 Å². The monoisotopic (exact) mass is 216 g/mol. The summed E-state index contributed by atoms with van der Waals surface area (Å²) >= 11 is 0. The Balaban J connectivity index is 2.11. The van der Waals surface area contributed by atoms with E-state index < -0.39 is 0 Å². The molecule has 1 rings (SSSR count). The van der Waals surface area contributed by atoms with Crippen LogP contribution in [0.3, 0.4) is 0 Å². The van der Waals surface area contributed by atoms with E-state index in [4.69, 9.17) is 15.3 Å². The fourth-order valence-corrected chi connectivity index (χ4v) is 1.71. The van der Waals surface area contributed by atoms with Gasteiger partial charge in [-0.3, -0.25) is 9.63 Å². The van der Waals surface area contributed by atoms with Gasteiger partial charge in [0.1, 0.15) is 0 Å². The first kappa shape index (κ1) is 12.4. The number of hydroxylamine groups is 1. The summed E-state index contributed by atoms with van der Waals surface area (Å²) in [6, 6.07) is 0.267. The van der Waals surface area contributed by atoms with Crippen LogP contribution < -0.4 is 11.2 Å². The van der Waals surface area contributed by atoms with Gasteiger partial charge in [-0.1, -0.05) is 0 Å². The molecule has 0 saturated heterocycles. The molecule has 5 heteroatoms. The molecule has 0 aromatic rings. The Labute approximate surface area is 90.3 Å². The van der Waals surface area contributed by atoms with Crippen LogP contribution in [-0.4, -0.2) is 32.3 Å². The molecule has 0 aliphatic heterocycles. The molecular formula is C10H20N2O3. The van der Waals surface area contributed by atoms with E-state index in [0.717, 1.165) is 25.7 Å². The summed E-state index contributed by atoms with van der Waals surface area (Å²) in [5, 5.41) is 0. The molecule has 1 aliphatic carbocycles. The Kier molecular flexibility index (Phi) is 5.60. The van der Waals surface area contributed by atoms with Gasteiger partial charge in [0.15, 0.2) is 0 Å². The van der Waals surface area contributed by atoms with Crippen LogP contribution in [-0.2, 0) is 14.4 Å². The Bertz CT molecular complexity index is 191. The van der Waals surface area contributed by atoms with Crippen LogP contribution in [0, 0.1) is 5.92 Å². The van der Waals surface area contributed by atoms with Crippen LogP contribution in [0.2, 0.25) is 0 Å². The van der Waals surface area contributed by atoms with Crippen molar-refractivity contribution < 1.29 is 14.4 Å². The van der Waals surface area contributed by atoms with E-state index in [9.17, 15) is 4.79 Å². The van der Waals surface area contributed by atoms with Crippen molar-refractivity contribution in [2.24, 2.45) is 11.7 Å². The van der Waals surface area contributed by atoms with E-state index in [1.54, 1.807) is 7.11 Å². The summed E-state index contributed by atoms with van der Waals surface area (Å²) in [6.07, 6.45) is 3.58. The molecule has 3 N–H and O–H groups in total. The number of rotatable bonds is 5. The molecule has 0 unspecified atom stereocenters. The molecule has 0 aromatic carbocycles. The lowest BCUT2D eigenvalue weighted by molar-refractivity contribution is -0.139. The average Bonchev–Trinajstić information content (AvgIpc) is 2.25. The number of hydrogen-bond acceptors (Lipinski definition) is 4. The summed E-state index contributed by atoms with van der Waals surface area (Å²) in [7, 11) is 1.59. The van der Waals surface area contributed by atoms with Crippen molar-refractivity contribution in [3.63, 3.8) is 0 Å². The number of nitrogens with one attached hydrogen (secondary N) is 1. The molecule has 0 atom stereocenters. The molecule has 1 aliphatic rings.